The predicted molar refractivity (Wildman–Crippen MR) is 82.3 cm³/mol. The molecular formula is C17H19NO3. The summed E-state index contributed by atoms with van der Waals surface area (Å²) >= 11 is 0. The van der Waals surface area contributed by atoms with Crippen LogP contribution in [0.1, 0.15) is 24.1 Å². The van der Waals surface area contributed by atoms with Crippen molar-refractivity contribution in [2.24, 2.45) is 0 Å². The van der Waals surface area contributed by atoms with Crippen LogP contribution in [0.25, 0.3) is 0 Å². The number of aryl methyl sites for hydroxylation is 1. The number of esters is 1. The number of ether oxygens (including phenoxy) is 1. The summed E-state index contributed by atoms with van der Waals surface area (Å²) in [5.74, 6) is -0.250. The molecule has 0 heterocycles. The molecule has 4 nitrogen and oxygen atoms in total. The summed E-state index contributed by atoms with van der Waals surface area (Å²) < 4.78 is 5.13. The molecule has 0 radical (unpaired) electrons. The second-order valence-electron chi connectivity index (χ2n) is 4.74. The Balaban J connectivity index is 2.33. The van der Waals surface area contributed by atoms with E-state index in [0.717, 1.165) is 11.3 Å². The van der Waals surface area contributed by atoms with Gasteiger partial charge in [0.2, 0.25) is 0 Å². The standard InChI is InChI=1S/C17H19NO3/c1-3-21-17(20)16(13-8-6-9-14(19)11-13)18-15-10-5-4-7-12(15)2/h4-11,16,18-19H,3H2,1-2H3. The molecule has 0 bridgehead atoms. The molecule has 0 amide bonds. The van der Waals surface area contributed by atoms with E-state index in [9.17, 15) is 9.90 Å². The molecule has 0 saturated carbocycles. The Kier molecular flexibility index (Phi) is 4.82. The number of benzene rings is 2. The first-order valence-corrected chi connectivity index (χ1v) is 6.89. The van der Waals surface area contributed by atoms with E-state index in [2.05, 4.69) is 5.32 Å². The fourth-order valence-electron chi connectivity index (χ4n) is 2.10. The molecule has 2 rings (SSSR count). The fourth-order valence-corrected chi connectivity index (χ4v) is 2.10. The van der Waals surface area contributed by atoms with Gasteiger partial charge < -0.3 is 15.2 Å². The number of phenols is 1. The molecule has 1 atom stereocenters. The number of carbonyl (C=O) groups is 1. The van der Waals surface area contributed by atoms with Crippen LogP contribution in [0.15, 0.2) is 48.5 Å². The molecule has 0 spiro atoms. The van der Waals surface area contributed by atoms with Gasteiger partial charge in [-0.05, 0) is 43.2 Å². The van der Waals surface area contributed by atoms with E-state index in [1.54, 1.807) is 31.2 Å². The Bertz CT molecular complexity index is 625. The second-order valence-corrected chi connectivity index (χ2v) is 4.74. The molecule has 21 heavy (non-hydrogen) atoms. The fraction of sp³-hybridized carbons (Fsp3) is 0.235. The number of hydrogen-bond donors (Lipinski definition) is 2. The molecule has 2 N–H and O–H groups in total. The largest absolute Gasteiger partial charge is 0.508 e. The summed E-state index contributed by atoms with van der Waals surface area (Å²) in [4.78, 5) is 12.2. The Morgan fingerprint density at radius 2 is 2.00 bits per heavy atom. The molecule has 1 unspecified atom stereocenters. The van der Waals surface area contributed by atoms with Crippen LogP contribution in [0.3, 0.4) is 0 Å². The molecule has 110 valence electrons. The molecule has 0 aliphatic carbocycles. The summed E-state index contributed by atoms with van der Waals surface area (Å²) in [6.07, 6.45) is 0. The van der Waals surface area contributed by atoms with Crippen molar-refractivity contribution in [1.29, 1.82) is 0 Å². The zero-order chi connectivity index (χ0) is 15.2. The first kappa shape index (κ1) is 14.9. The lowest BCUT2D eigenvalue weighted by Gasteiger charge is -2.20. The van der Waals surface area contributed by atoms with E-state index in [0.29, 0.717) is 12.2 Å². The second kappa shape index (κ2) is 6.79. The van der Waals surface area contributed by atoms with Crippen LogP contribution in [0.4, 0.5) is 5.69 Å². The van der Waals surface area contributed by atoms with Crippen LogP contribution in [0, 0.1) is 6.92 Å². The van der Waals surface area contributed by atoms with Crippen LogP contribution >= 0.6 is 0 Å². The monoisotopic (exact) mass is 285 g/mol. The van der Waals surface area contributed by atoms with Crippen molar-refractivity contribution in [1.82, 2.24) is 0 Å². The van der Waals surface area contributed by atoms with Gasteiger partial charge in [0, 0.05) is 5.69 Å². The summed E-state index contributed by atoms with van der Waals surface area (Å²) in [5, 5.41) is 12.8. The lowest BCUT2D eigenvalue weighted by Crippen LogP contribution is -2.23. The quantitative estimate of drug-likeness (QED) is 0.826. The minimum Gasteiger partial charge on any atom is -0.508 e. The van der Waals surface area contributed by atoms with Gasteiger partial charge in [0.05, 0.1) is 6.61 Å². The van der Waals surface area contributed by atoms with Crippen molar-refractivity contribution in [3.63, 3.8) is 0 Å². The molecule has 2 aromatic rings. The first-order chi connectivity index (χ1) is 10.1. The highest BCUT2D eigenvalue weighted by Gasteiger charge is 2.22. The maximum absolute atomic E-state index is 12.2. The van der Waals surface area contributed by atoms with Gasteiger partial charge in [0.1, 0.15) is 5.75 Å². The number of aromatic hydroxyl groups is 1. The Labute approximate surface area is 124 Å². The Hall–Kier alpha value is -2.49. The van der Waals surface area contributed by atoms with E-state index in [-0.39, 0.29) is 11.7 Å². The first-order valence-electron chi connectivity index (χ1n) is 6.89. The third kappa shape index (κ3) is 3.75. The van der Waals surface area contributed by atoms with E-state index >= 15 is 0 Å². The highest BCUT2D eigenvalue weighted by Crippen LogP contribution is 2.25. The summed E-state index contributed by atoms with van der Waals surface area (Å²) in [6.45, 7) is 4.04. The highest BCUT2D eigenvalue weighted by molar-refractivity contribution is 5.81. The van der Waals surface area contributed by atoms with E-state index in [1.165, 1.54) is 0 Å². The van der Waals surface area contributed by atoms with Gasteiger partial charge in [-0.2, -0.15) is 0 Å². The molecule has 0 aliphatic heterocycles. The van der Waals surface area contributed by atoms with E-state index in [4.69, 9.17) is 4.74 Å². The topological polar surface area (TPSA) is 58.6 Å². The maximum Gasteiger partial charge on any atom is 0.333 e. The van der Waals surface area contributed by atoms with Crippen LogP contribution in [-0.4, -0.2) is 17.7 Å². The summed E-state index contributed by atoms with van der Waals surface area (Å²) in [7, 11) is 0. The van der Waals surface area contributed by atoms with Crippen LogP contribution < -0.4 is 5.32 Å². The van der Waals surface area contributed by atoms with Crippen molar-refractivity contribution >= 4 is 11.7 Å². The highest BCUT2D eigenvalue weighted by atomic mass is 16.5. The van der Waals surface area contributed by atoms with Crippen LogP contribution in [0.5, 0.6) is 5.75 Å². The van der Waals surface area contributed by atoms with Crippen molar-refractivity contribution in [2.75, 3.05) is 11.9 Å². The van der Waals surface area contributed by atoms with Gasteiger partial charge in [-0.25, -0.2) is 4.79 Å². The number of rotatable bonds is 5. The summed E-state index contributed by atoms with van der Waals surface area (Å²) in [6, 6.07) is 13.7. The number of phenolic OH excluding ortho intramolecular Hbond substituents is 1. The third-order valence-electron chi connectivity index (χ3n) is 3.17. The van der Waals surface area contributed by atoms with Crippen molar-refractivity contribution < 1.29 is 14.6 Å². The Morgan fingerprint density at radius 1 is 1.24 bits per heavy atom. The minimum atomic E-state index is -0.654. The SMILES string of the molecule is CCOC(=O)C(Nc1ccccc1C)c1cccc(O)c1. The van der Waals surface area contributed by atoms with Crippen molar-refractivity contribution in [3.8, 4) is 5.75 Å². The normalized spacial score (nSPS) is 11.7. The number of carbonyl (C=O) groups excluding carboxylic acids is 1. The van der Waals surface area contributed by atoms with Crippen molar-refractivity contribution in [3.05, 3.63) is 59.7 Å². The lowest BCUT2D eigenvalue weighted by atomic mass is 10.1. The van der Waals surface area contributed by atoms with E-state index < -0.39 is 6.04 Å². The molecule has 2 aromatic carbocycles. The molecular weight excluding hydrogens is 266 g/mol. The molecule has 0 aromatic heterocycles. The molecule has 0 fully saturated rings. The van der Waals surface area contributed by atoms with E-state index in [1.807, 2.05) is 31.2 Å². The Morgan fingerprint density at radius 3 is 2.67 bits per heavy atom. The number of para-hydroxylation sites is 1. The summed E-state index contributed by atoms with van der Waals surface area (Å²) in [5.41, 5.74) is 2.56. The smallest absolute Gasteiger partial charge is 0.333 e. The average molecular weight is 285 g/mol. The minimum absolute atomic E-state index is 0.119. The van der Waals surface area contributed by atoms with Crippen molar-refractivity contribution in [2.45, 2.75) is 19.9 Å². The molecule has 0 saturated heterocycles. The van der Waals surface area contributed by atoms with Crippen LogP contribution in [-0.2, 0) is 9.53 Å². The van der Waals surface area contributed by atoms with Crippen LogP contribution in [0.2, 0.25) is 0 Å². The lowest BCUT2D eigenvalue weighted by molar-refractivity contribution is -0.144. The maximum atomic E-state index is 12.2. The van der Waals surface area contributed by atoms with Gasteiger partial charge >= 0.3 is 5.97 Å². The van der Waals surface area contributed by atoms with Gasteiger partial charge in [0.15, 0.2) is 6.04 Å². The molecule has 4 heteroatoms. The average Bonchev–Trinajstić information content (AvgIpc) is 2.46. The predicted octanol–water partition coefficient (Wildman–Crippen LogP) is 3.42. The van der Waals surface area contributed by atoms with Gasteiger partial charge in [-0.15, -0.1) is 0 Å². The third-order valence-corrected chi connectivity index (χ3v) is 3.17. The number of nitrogens with one attached hydrogen (secondary N) is 1. The van der Waals surface area contributed by atoms with Gasteiger partial charge in [-0.3, -0.25) is 0 Å². The number of anilines is 1. The zero-order valence-corrected chi connectivity index (χ0v) is 12.2. The zero-order valence-electron chi connectivity index (χ0n) is 12.2. The van der Waals surface area contributed by atoms with Gasteiger partial charge in [0.25, 0.3) is 0 Å². The number of hydrogen-bond acceptors (Lipinski definition) is 4. The van der Waals surface area contributed by atoms with Gasteiger partial charge in [-0.1, -0.05) is 30.3 Å². The molecule has 0 aliphatic rings.